The molecule has 0 bridgehead atoms. The van der Waals surface area contributed by atoms with E-state index < -0.39 is 0 Å². The molecule has 0 aliphatic carbocycles. The van der Waals surface area contributed by atoms with Gasteiger partial charge in [-0.15, -0.1) is 11.6 Å². The van der Waals surface area contributed by atoms with Gasteiger partial charge >= 0.3 is 0 Å². The third kappa shape index (κ3) is 3.12. The number of alkyl halides is 2. The minimum atomic E-state index is -0.160. The number of hydrogen-bond acceptors (Lipinski definition) is 1. The highest BCUT2D eigenvalue weighted by atomic mass is 79.9. The van der Waals surface area contributed by atoms with Crippen molar-refractivity contribution in [3.8, 4) is 0 Å². The molecule has 0 saturated heterocycles. The van der Waals surface area contributed by atoms with Gasteiger partial charge in [-0.25, -0.2) is 0 Å². The predicted molar refractivity (Wildman–Crippen MR) is 58.8 cm³/mol. The summed E-state index contributed by atoms with van der Waals surface area (Å²) in [4.78, 5) is 11.5. The number of carbonyl (C=O) groups excluding carboxylic acids is 1. The Labute approximate surface area is 91.2 Å². The van der Waals surface area contributed by atoms with Crippen LogP contribution < -0.4 is 0 Å². The summed E-state index contributed by atoms with van der Waals surface area (Å²) >= 11 is 8.85. The molecule has 0 saturated carbocycles. The highest BCUT2D eigenvalue weighted by molar-refractivity contribution is 9.10. The Morgan fingerprint density at radius 1 is 1.38 bits per heavy atom. The van der Waals surface area contributed by atoms with Crippen molar-refractivity contribution in [1.82, 2.24) is 0 Å². The minimum Gasteiger partial charge on any atom is -0.293 e. The molecule has 0 fully saturated rings. The predicted octanol–water partition coefficient (Wildman–Crippen LogP) is 3.26. The fraction of sp³-hybridized carbons (Fsp3) is 0.300. The van der Waals surface area contributed by atoms with E-state index in [9.17, 15) is 4.79 Å². The van der Waals surface area contributed by atoms with Crippen LogP contribution in [-0.2, 0) is 0 Å². The van der Waals surface area contributed by atoms with Crippen LogP contribution >= 0.6 is 27.5 Å². The van der Waals surface area contributed by atoms with Crippen molar-refractivity contribution in [3.63, 3.8) is 0 Å². The van der Waals surface area contributed by atoms with Crippen molar-refractivity contribution < 1.29 is 4.79 Å². The lowest BCUT2D eigenvalue weighted by Crippen LogP contribution is -2.14. The lowest BCUT2D eigenvalue weighted by molar-refractivity contribution is 0.0990. The first-order chi connectivity index (χ1) is 6.25. The van der Waals surface area contributed by atoms with Crippen LogP contribution in [0.15, 0.2) is 30.3 Å². The topological polar surface area (TPSA) is 17.1 Å². The van der Waals surface area contributed by atoms with E-state index in [1.807, 2.05) is 30.3 Å². The van der Waals surface area contributed by atoms with Gasteiger partial charge in [0.1, 0.15) is 0 Å². The van der Waals surface area contributed by atoms with E-state index in [0.29, 0.717) is 12.3 Å². The molecule has 3 heteroatoms. The second-order valence-electron chi connectivity index (χ2n) is 2.68. The van der Waals surface area contributed by atoms with Gasteiger partial charge < -0.3 is 0 Å². The van der Waals surface area contributed by atoms with E-state index in [1.54, 1.807) is 0 Å². The average Bonchev–Trinajstić information content (AvgIpc) is 2.18. The molecule has 1 aromatic rings. The van der Waals surface area contributed by atoms with Crippen LogP contribution in [0.4, 0.5) is 0 Å². The Kier molecular flexibility index (Phi) is 4.46. The number of carbonyl (C=O) groups is 1. The van der Waals surface area contributed by atoms with Gasteiger partial charge in [0.25, 0.3) is 0 Å². The van der Waals surface area contributed by atoms with Crippen molar-refractivity contribution in [2.45, 2.75) is 11.2 Å². The molecule has 1 rings (SSSR count). The second kappa shape index (κ2) is 5.40. The molecule has 1 aromatic carbocycles. The third-order valence-electron chi connectivity index (χ3n) is 1.71. The number of ketones is 1. The molecule has 0 N–H and O–H groups in total. The monoisotopic (exact) mass is 260 g/mol. The zero-order valence-electron chi connectivity index (χ0n) is 7.04. The maximum absolute atomic E-state index is 11.6. The third-order valence-corrected chi connectivity index (χ3v) is 2.80. The number of hydrogen-bond donors (Lipinski definition) is 0. The Morgan fingerprint density at radius 2 is 2.00 bits per heavy atom. The van der Waals surface area contributed by atoms with Crippen molar-refractivity contribution in [2.75, 3.05) is 5.88 Å². The molecular formula is C10H10BrClO. The van der Waals surface area contributed by atoms with E-state index in [1.165, 1.54) is 0 Å². The second-order valence-corrected chi connectivity index (χ2v) is 4.16. The first-order valence-corrected chi connectivity index (χ1v) is 5.50. The van der Waals surface area contributed by atoms with E-state index in [0.717, 1.165) is 5.56 Å². The summed E-state index contributed by atoms with van der Waals surface area (Å²) in [5, 5.41) is 0. The summed E-state index contributed by atoms with van der Waals surface area (Å²) in [6.45, 7) is 0. The van der Waals surface area contributed by atoms with Crippen LogP contribution in [0.3, 0.4) is 0 Å². The highest BCUT2D eigenvalue weighted by Gasteiger charge is 2.15. The normalized spacial score (nSPS) is 12.5. The van der Waals surface area contributed by atoms with Crippen LogP contribution in [0.25, 0.3) is 0 Å². The van der Waals surface area contributed by atoms with Crippen molar-refractivity contribution in [3.05, 3.63) is 35.9 Å². The van der Waals surface area contributed by atoms with Gasteiger partial charge in [0.05, 0.1) is 4.83 Å². The van der Waals surface area contributed by atoms with Gasteiger partial charge in [-0.2, -0.15) is 0 Å². The molecule has 1 atom stereocenters. The van der Waals surface area contributed by atoms with Gasteiger partial charge in [-0.05, 0) is 6.42 Å². The van der Waals surface area contributed by atoms with Crippen LogP contribution in [-0.4, -0.2) is 16.5 Å². The zero-order valence-corrected chi connectivity index (χ0v) is 9.38. The fourth-order valence-electron chi connectivity index (χ4n) is 1.01. The first kappa shape index (κ1) is 10.7. The van der Waals surface area contributed by atoms with Crippen LogP contribution in [0.5, 0.6) is 0 Å². The Bertz CT molecular complexity index is 274. The van der Waals surface area contributed by atoms with Gasteiger partial charge in [0.2, 0.25) is 0 Å². The molecule has 0 aliphatic heterocycles. The molecule has 1 nitrogen and oxygen atoms in total. The largest absolute Gasteiger partial charge is 0.293 e. The van der Waals surface area contributed by atoms with Gasteiger partial charge in [-0.1, -0.05) is 46.3 Å². The summed E-state index contributed by atoms with van der Waals surface area (Å²) in [5.74, 6) is 0.593. The summed E-state index contributed by atoms with van der Waals surface area (Å²) in [6.07, 6.45) is 0.662. The fourth-order valence-corrected chi connectivity index (χ4v) is 1.99. The molecule has 13 heavy (non-hydrogen) atoms. The Hall–Kier alpha value is -0.340. The number of rotatable bonds is 4. The lowest BCUT2D eigenvalue weighted by atomic mass is 10.1. The van der Waals surface area contributed by atoms with E-state index in [2.05, 4.69) is 15.9 Å². The molecule has 0 heterocycles. The Balaban J connectivity index is 2.68. The van der Waals surface area contributed by atoms with Crippen molar-refractivity contribution in [1.29, 1.82) is 0 Å². The first-order valence-electron chi connectivity index (χ1n) is 4.05. The SMILES string of the molecule is O=C(c1ccccc1)[C@H](Br)CCCl. The van der Waals surface area contributed by atoms with Gasteiger partial charge in [0, 0.05) is 11.4 Å². The molecule has 0 spiro atoms. The molecule has 0 aromatic heterocycles. The number of benzene rings is 1. The molecule has 0 radical (unpaired) electrons. The number of halogens is 2. The van der Waals surface area contributed by atoms with Crippen LogP contribution in [0.1, 0.15) is 16.8 Å². The van der Waals surface area contributed by atoms with Crippen molar-refractivity contribution in [2.24, 2.45) is 0 Å². The number of Topliss-reactive ketones (excluding diaryl/α,β-unsaturated/α-hetero) is 1. The Morgan fingerprint density at radius 3 is 2.54 bits per heavy atom. The summed E-state index contributed by atoms with van der Waals surface area (Å²) in [5.41, 5.74) is 0.731. The molecular weight excluding hydrogens is 251 g/mol. The summed E-state index contributed by atoms with van der Waals surface area (Å²) in [6, 6.07) is 9.22. The minimum absolute atomic E-state index is 0.0984. The van der Waals surface area contributed by atoms with E-state index in [-0.39, 0.29) is 10.6 Å². The average molecular weight is 262 g/mol. The lowest BCUT2D eigenvalue weighted by Gasteiger charge is -2.05. The summed E-state index contributed by atoms with van der Waals surface area (Å²) < 4.78 is 0. The summed E-state index contributed by atoms with van der Waals surface area (Å²) in [7, 11) is 0. The standard InChI is InChI=1S/C10H10BrClO/c11-9(6-7-12)10(13)8-4-2-1-3-5-8/h1-5,9H,6-7H2/t9-/m1/s1. The maximum atomic E-state index is 11.6. The van der Waals surface area contributed by atoms with Gasteiger partial charge in [0.15, 0.2) is 5.78 Å². The smallest absolute Gasteiger partial charge is 0.176 e. The van der Waals surface area contributed by atoms with E-state index in [4.69, 9.17) is 11.6 Å². The van der Waals surface area contributed by atoms with Crippen molar-refractivity contribution >= 4 is 33.3 Å². The molecule has 0 aliphatic rings. The van der Waals surface area contributed by atoms with E-state index >= 15 is 0 Å². The highest BCUT2D eigenvalue weighted by Crippen LogP contribution is 2.13. The van der Waals surface area contributed by atoms with Gasteiger partial charge in [-0.3, -0.25) is 4.79 Å². The molecule has 0 unspecified atom stereocenters. The molecule has 70 valence electrons. The maximum Gasteiger partial charge on any atom is 0.176 e. The zero-order chi connectivity index (χ0) is 9.68. The quantitative estimate of drug-likeness (QED) is 0.600. The molecule has 0 amide bonds. The van der Waals surface area contributed by atoms with Crippen LogP contribution in [0.2, 0.25) is 0 Å². The van der Waals surface area contributed by atoms with Crippen LogP contribution in [0, 0.1) is 0 Å².